The fourth-order valence-corrected chi connectivity index (χ4v) is 3.04. The number of benzene rings is 1. The maximum Gasteiger partial charge on any atom is 0.222 e. The van der Waals surface area contributed by atoms with Gasteiger partial charge in [-0.15, -0.1) is 0 Å². The Labute approximate surface area is 146 Å². The molecule has 0 saturated carbocycles. The largest absolute Gasteiger partial charge is 0.368 e. The van der Waals surface area contributed by atoms with Gasteiger partial charge >= 0.3 is 0 Å². The summed E-state index contributed by atoms with van der Waals surface area (Å²) in [7, 11) is 2.14. The standard InChI is InChI=1S/C18H21N7/c1-24-6-8-25(9-7-24)17-10-16(22-18(19)23-17)14-4-2-13(3-5-14)15-11-20-21-12-15/h2-5,10-12H,6-9H2,1H3,(H,20,21)(H2,19,22,23). The highest BCUT2D eigenvalue weighted by molar-refractivity contribution is 5.70. The molecule has 1 aliphatic heterocycles. The van der Waals surface area contributed by atoms with E-state index in [-0.39, 0.29) is 0 Å². The van der Waals surface area contributed by atoms with Crippen molar-refractivity contribution in [1.29, 1.82) is 0 Å². The molecule has 0 aliphatic carbocycles. The van der Waals surface area contributed by atoms with E-state index in [0.717, 1.165) is 54.4 Å². The highest BCUT2D eigenvalue weighted by atomic mass is 15.3. The minimum Gasteiger partial charge on any atom is -0.368 e. The van der Waals surface area contributed by atoms with Crippen molar-refractivity contribution in [3.05, 3.63) is 42.7 Å². The zero-order chi connectivity index (χ0) is 17.2. The average molecular weight is 335 g/mol. The second kappa shape index (κ2) is 6.52. The van der Waals surface area contributed by atoms with E-state index < -0.39 is 0 Å². The smallest absolute Gasteiger partial charge is 0.222 e. The van der Waals surface area contributed by atoms with E-state index in [0.29, 0.717) is 5.95 Å². The highest BCUT2D eigenvalue weighted by Crippen LogP contribution is 2.26. The minimum atomic E-state index is 0.310. The van der Waals surface area contributed by atoms with E-state index in [2.05, 4.69) is 61.3 Å². The Morgan fingerprint density at radius 3 is 2.36 bits per heavy atom. The van der Waals surface area contributed by atoms with E-state index in [9.17, 15) is 0 Å². The first kappa shape index (κ1) is 15.6. The molecular weight excluding hydrogens is 314 g/mol. The second-order valence-electron chi connectivity index (χ2n) is 6.32. The number of rotatable bonds is 3. The third-order valence-electron chi connectivity index (χ3n) is 4.57. The van der Waals surface area contributed by atoms with Crippen LogP contribution in [0.1, 0.15) is 0 Å². The summed E-state index contributed by atoms with van der Waals surface area (Å²) < 4.78 is 0. The number of aromatic nitrogens is 4. The van der Waals surface area contributed by atoms with E-state index in [1.165, 1.54) is 0 Å². The van der Waals surface area contributed by atoms with Gasteiger partial charge in [0.05, 0.1) is 11.9 Å². The number of hydrogen-bond acceptors (Lipinski definition) is 6. The third kappa shape index (κ3) is 3.32. The molecule has 1 aliphatic rings. The van der Waals surface area contributed by atoms with Crippen molar-refractivity contribution in [2.75, 3.05) is 43.9 Å². The van der Waals surface area contributed by atoms with Crippen LogP contribution in [-0.2, 0) is 0 Å². The van der Waals surface area contributed by atoms with Crippen LogP contribution in [0.2, 0.25) is 0 Å². The molecule has 7 heteroatoms. The van der Waals surface area contributed by atoms with Gasteiger partial charge in [-0.05, 0) is 12.6 Å². The molecule has 4 rings (SSSR count). The molecule has 1 fully saturated rings. The average Bonchev–Trinajstić information content (AvgIpc) is 3.17. The molecule has 3 aromatic rings. The van der Waals surface area contributed by atoms with Crippen LogP contribution < -0.4 is 10.6 Å². The van der Waals surface area contributed by atoms with Crippen LogP contribution in [0.5, 0.6) is 0 Å². The van der Waals surface area contributed by atoms with E-state index >= 15 is 0 Å². The second-order valence-corrected chi connectivity index (χ2v) is 6.32. The van der Waals surface area contributed by atoms with Gasteiger partial charge in [0.2, 0.25) is 5.95 Å². The molecule has 2 aromatic heterocycles. The van der Waals surface area contributed by atoms with Gasteiger partial charge in [-0.3, -0.25) is 5.10 Å². The van der Waals surface area contributed by atoms with E-state index in [1.54, 1.807) is 0 Å². The van der Waals surface area contributed by atoms with Crippen molar-refractivity contribution in [3.63, 3.8) is 0 Å². The Hall–Kier alpha value is -2.93. The molecule has 0 bridgehead atoms. The number of nitrogens with two attached hydrogens (primary N) is 1. The van der Waals surface area contributed by atoms with Gasteiger partial charge < -0.3 is 15.5 Å². The SMILES string of the molecule is CN1CCN(c2cc(-c3ccc(-c4cn[nH]c4)cc3)nc(N)n2)CC1. The quantitative estimate of drug-likeness (QED) is 0.760. The van der Waals surface area contributed by atoms with Crippen LogP contribution in [0.4, 0.5) is 11.8 Å². The predicted molar refractivity (Wildman–Crippen MR) is 99.2 cm³/mol. The van der Waals surface area contributed by atoms with Crippen LogP contribution >= 0.6 is 0 Å². The van der Waals surface area contributed by atoms with Crippen molar-refractivity contribution in [2.24, 2.45) is 0 Å². The van der Waals surface area contributed by atoms with Crippen molar-refractivity contribution in [2.45, 2.75) is 0 Å². The van der Waals surface area contributed by atoms with Crippen molar-refractivity contribution in [1.82, 2.24) is 25.1 Å². The minimum absolute atomic E-state index is 0.310. The summed E-state index contributed by atoms with van der Waals surface area (Å²) in [6.07, 6.45) is 3.69. The molecule has 0 radical (unpaired) electrons. The Morgan fingerprint density at radius 2 is 1.68 bits per heavy atom. The molecule has 3 heterocycles. The number of aromatic amines is 1. The summed E-state index contributed by atoms with van der Waals surface area (Å²) in [6, 6.07) is 10.3. The summed E-state index contributed by atoms with van der Waals surface area (Å²) in [5, 5.41) is 6.82. The first-order valence-corrected chi connectivity index (χ1v) is 8.37. The Balaban J connectivity index is 1.62. The Morgan fingerprint density at radius 1 is 0.960 bits per heavy atom. The number of likely N-dealkylation sites (N-methyl/N-ethyl adjacent to an activating group) is 1. The molecule has 128 valence electrons. The van der Waals surface area contributed by atoms with Gasteiger partial charge in [-0.2, -0.15) is 10.1 Å². The molecule has 7 nitrogen and oxygen atoms in total. The molecule has 0 amide bonds. The monoisotopic (exact) mass is 335 g/mol. The van der Waals surface area contributed by atoms with Crippen LogP contribution in [-0.4, -0.2) is 58.3 Å². The number of anilines is 2. The van der Waals surface area contributed by atoms with Gasteiger partial charge in [0.15, 0.2) is 0 Å². The topological polar surface area (TPSA) is 87.0 Å². The van der Waals surface area contributed by atoms with Crippen molar-refractivity contribution < 1.29 is 0 Å². The number of piperazine rings is 1. The lowest BCUT2D eigenvalue weighted by Crippen LogP contribution is -2.44. The molecule has 0 unspecified atom stereocenters. The number of nitrogen functional groups attached to an aromatic ring is 1. The molecule has 1 saturated heterocycles. The van der Waals surface area contributed by atoms with Crippen molar-refractivity contribution >= 4 is 11.8 Å². The molecular formula is C18H21N7. The fraction of sp³-hybridized carbons (Fsp3) is 0.278. The number of nitrogens with one attached hydrogen (secondary N) is 1. The number of H-pyrrole nitrogens is 1. The molecule has 0 spiro atoms. The van der Waals surface area contributed by atoms with Gasteiger partial charge in [-0.25, -0.2) is 4.98 Å². The fourth-order valence-electron chi connectivity index (χ4n) is 3.04. The number of nitrogens with zero attached hydrogens (tertiary/aromatic N) is 5. The highest BCUT2D eigenvalue weighted by Gasteiger charge is 2.17. The normalized spacial score (nSPS) is 15.5. The summed E-state index contributed by atoms with van der Waals surface area (Å²) in [4.78, 5) is 13.4. The van der Waals surface area contributed by atoms with Gasteiger partial charge in [0.25, 0.3) is 0 Å². The van der Waals surface area contributed by atoms with Crippen molar-refractivity contribution in [3.8, 4) is 22.4 Å². The summed E-state index contributed by atoms with van der Waals surface area (Å²) >= 11 is 0. The van der Waals surface area contributed by atoms with Crippen LogP contribution in [0.3, 0.4) is 0 Å². The van der Waals surface area contributed by atoms with Gasteiger partial charge in [-0.1, -0.05) is 24.3 Å². The Kier molecular flexibility index (Phi) is 4.07. The first-order chi connectivity index (χ1) is 12.2. The predicted octanol–water partition coefficient (Wildman–Crippen LogP) is 1.87. The van der Waals surface area contributed by atoms with Crippen LogP contribution in [0, 0.1) is 0 Å². The number of hydrogen-bond donors (Lipinski definition) is 2. The van der Waals surface area contributed by atoms with Crippen LogP contribution in [0.15, 0.2) is 42.7 Å². The molecule has 1 aromatic carbocycles. The summed E-state index contributed by atoms with van der Waals surface area (Å²) in [5.74, 6) is 1.21. The Bertz CT molecular complexity index is 834. The molecule has 25 heavy (non-hydrogen) atoms. The summed E-state index contributed by atoms with van der Waals surface area (Å²) in [6.45, 7) is 3.95. The zero-order valence-electron chi connectivity index (χ0n) is 14.2. The third-order valence-corrected chi connectivity index (χ3v) is 4.57. The maximum absolute atomic E-state index is 5.97. The summed E-state index contributed by atoms with van der Waals surface area (Å²) in [5.41, 5.74) is 10.0. The molecule has 0 atom stereocenters. The molecule has 3 N–H and O–H groups in total. The van der Waals surface area contributed by atoms with E-state index in [4.69, 9.17) is 5.73 Å². The van der Waals surface area contributed by atoms with Gasteiger partial charge in [0.1, 0.15) is 5.82 Å². The van der Waals surface area contributed by atoms with E-state index in [1.807, 2.05) is 18.5 Å². The lowest BCUT2D eigenvalue weighted by atomic mass is 10.1. The van der Waals surface area contributed by atoms with Crippen LogP contribution in [0.25, 0.3) is 22.4 Å². The maximum atomic E-state index is 5.97. The first-order valence-electron chi connectivity index (χ1n) is 8.37. The zero-order valence-corrected chi connectivity index (χ0v) is 14.2. The lowest BCUT2D eigenvalue weighted by molar-refractivity contribution is 0.312. The lowest BCUT2D eigenvalue weighted by Gasteiger charge is -2.33. The van der Waals surface area contributed by atoms with Gasteiger partial charge in [0, 0.05) is 49.6 Å².